The fourth-order valence-corrected chi connectivity index (χ4v) is 5.96. The Balaban J connectivity index is 4.45. The van der Waals surface area contributed by atoms with E-state index >= 15 is 0 Å². The first-order chi connectivity index (χ1) is 26.5. The fraction of sp³-hybridized carbons (Fsp3) is 0.729. The zero-order chi connectivity index (χ0) is 39.4. The molecule has 0 saturated carbocycles. The van der Waals surface area contributed by atoms with E-state index in [-0.39, 0.29) is 31.1 Å². The standard InChI is InChI=1S/C48H82O6/c1-4-7-10-13-16-19-22-24-27-29-32-35-38-41-47(50)53-44-45(43-52-46(49)40-37-34-31-28-25-21-18-15-12-9-6-3)54-48(51)42-39-36-33-30-26-23-20-17-14-11-8-5-2/h7,10,13,15-16,18-19,22,24,27,45H,4-6,8-9,11-12,14,17,20-21,23,25-26,28-44H2,1-3H3/b10-7-,16-13-,18-15-,22-19-,27-24-. The van der Waals surface area contributed by atoms with Crippen LogP contribution in [0.15, 0.2) is 60.8 Å². The molecule has 0 rings (SSSR count). The van der Waals surface area contributed by atoms with Crippen molar-refractivity contribution in [1.29, 1.82) is 0 Å². The van der Waals surface area contributed by atoms with Gasteiger partial charge in [0.2, 0.25) is 0 Å². The van der Waals surface area contributed by atoms with Crippen LogP contribution in [0.5, 0.6) is 0 Å². The van der Waals surface area contributed by atoms with Gasteiger partial charge >= 0.3 is 17.9 Å². The molecule has 6 heteroatoms. The maximum atomic E-state index is 12.7. The minimum absolute atomic E-state index is 0.0906. The van der Waals surface area contributed by atoms with Gasteiger partial charge in [0.05, 0.1) is 0 Å². The quantitative estimate of drug-likeness (QED) is 0.0204. The van der Waals surface area contributed by atoms with Crippen LogP contribution in [0.25, 0.3) is 0 Å². The molecule has 0 spiro atoms. The SMILES string of the molecule is CC\C=C/C=C\C=C/C=C\CCCCCC(=O)OCC(COC(=O)CCCCCCC/C=C\CCCC)OC(=O)CCCCCCCCCCCCCC. The first-order valence-electron chi connectivity index (χ1n) is 22.3. The molecule has 0 fully saturated rings. The Morgan fingerprint density at radius 2 is 0.759 bits per heavy atom. The van der Waals surface area contributed by atoms with Gasteiger partial charge in [0, 0.05) is 19.3 Å². The third-order valence-electron chi connectivity index (χ3n) is 9.35. The summed E-state index contributed by atoms with van der Waals surface area (Å²) in [6.45, 7) is 6.39. The summed E-state index contributed by atoms with van der Waals surface area (Å²) >= 11 is 0. The molecule has 1 unspecified atom stereocenters. The van der Waals surface area contributed by atoms with E-state index in [1.54, 1.807) is 0 Å². The lowest BCUT2D eigenvalue weighted by atomic mass is 10.0. The minimum atomic E-state index is -0.788. The first kappa shape index (κ1) is 51.1. The number of unbranched alkanes of at least 4 members (excludes halogenated alkanes) is 21. The Morgan fingerprint density at radius 1 is 0.389 bits per heavy atom. The van der Waals surface area contributed by atoms with E-state index < -0.39 is 6.10 Å². The van der Waals surface area contributed by atoms with Gasteiger partial charge in [-0.15, -0.1) is 0 Å². The highest BCUT2D eigenvalue weighted by molar-refractivity contribution is 5.71. The fourth-order valence-electron chi connectivity index (χ4n) is 5.96. The van der Waals surface area contributed by atoms with Crippen LogP contribution in [0, 0.1) is 0 Å². The highest BCUT2D eigenvalue weighted by atomic mass is 16.6. The number of ether oxygens (including phenoxy) is 3. The van der Waals surface area contributed by atoms with E-state index in [0.29, 0.717) is 19.3 Å². The van der Waals surface area contributed by atoms with Crippen molar-refractivity contribution >= 4 is 17.9 Å². The Morgan fingerprint density at radius 3 is 1.26 bits per heavy atom. The molecule has 0 bridgehead atoms. The van der Waals surface area contributed by atoms with Crippen LogP contribution in [0.2, 0.25) is 0 Å². The number of carbonyl (C=O) groups excluding carboxylic acids is 3. The number of rotatable bonds is 39. The molecular weight excluding hydrogens is 673 g/mol. The van der Waals surface area contributed by atoms with Crippen LogP contribution >= 0.6 is 0 Å². The summed E-state index contributed by atoms with van der Waals surface area (Å²) < 4.78 is 16.6. The number of esters is 3. The summed E-state index contributed by atoms with van der Waals surface area (Å²) in [7, 11) is 0. The monoisotopic (exact) mass is 755 g/mol. The molecule has 0 N–H and O–H groups in total. The summed E-state index contributed by atoms with van der Waals surface area (Å²) in [6, 6.07) is 0. The second-order valence-electron chi connectivity index (χ2n) is 14.7. The number of hydrogen-bond acceptors (Lipinski definition) is 6. The van der Waals surface area contributed by atoms with Crippen molar-refractivity contribution in [2.45, 2.75) is 213 Å². The summed E-state index contributed by atoms with van der Waals surface area (Å²) in [4.78, 5) is 37.7. The molecule has 54 heavy (non-hydrogen) atoms. The number of allylic oxidation sites excluding steroid dienone is 10. The largest absolute Gasteiger partial charge is 0.462 e. The van der Waals surface area contributed by atoms with E-state index in [4.69, 9.17) is 14.2 Å². The molecule has 0 saturated heterocycles. The lowest BCUT2D eigenvalue weighted by Gasteiger charge is -2.18. The van der Waals surface area contributed by atoms with Gasteiger partial charge in [-0.3, -0.25) is 14.4 Å². The average Bonchev–Trinajstić information content (AvgIpc) is 3.17. The molecule has 1 atom stereocenters. The van der Waals surface area contributed by atoms with Gasteiger partial charge in [0.25, 0.3) is 0 Å². The van der Waals surface area contributed by atoms with Crippen molar-refractivity contribution in [3.05, 3.63) is 60.8 Å². The zero-order valence-corrected chi connectivity index (χ0v) is 35.2. The van der Waals surface area contributed by atoms with Crippen molar-refractivity contribution in [2.24, 2.45) is 0 Å². The van der Waals surface area contributed by atoms with Crippen molar-refractivity contribution < 1.29 is 28.6 Å². The maximum absolute atomic E-state index is 12.7. The summed E-state index contributed by atoms with van der Waals surface area (Å²) in [5.41, 5.74) is 0. The van der Waals surface area contributed by atoms with Gasteiger partial charge in [-0.1, -0.05) is 191 Å². The van der Waals surface area contributed by atoms with E-state index in [2.05, 4.69) is 45.1 Å². The summed E-state index contributed by atoms with van der Waals surface area (Å²) in [6.07, 6.45) is 50.6. The van der Waals surface area contributed by atoms with E-state index in [1.807, 2.05) is 36.5 Å². The highest BCUT2D eigenvalue weighted by Gasteiger charge is 2.19. The van der Waals surface area contributed by atoms with Gasteiger partial charge in [-0.05, 0) is 57.8 Å². The van der Waals surface area contributed by atoms with Gasteiger partial charge < -0.3 is 14.2 Å². The van der Waals surface area contributed by atoms with Crippen molar-refractivity contribution in [3.63, 3.8) is 0 Å². The second kappa shape index (κ2) is 42.8. The molecule has 6 nitrogen and oxygen atoms in total. The van der Waals surface area contributed by atoms with Crippen LogP contribution in [-0.2, 0) is 28.6 Å². The smallest absolute Gasteiger partial charge is 0.306 e. The van der Waals surface area contributed by atoms with Crippen molar-refractivity contribution in [2.75, 3.05) is 13.2 Å². The summed E-state index contributed by atoms with van der Waals surface area (Å²) in [5, 5.41) is 0. The predicted molar refractivity (Wildman–Crippen MR) is 228 cm³/mol. The Labute approximate surface area is 332 Å². The van der Waals surface area contributed by atoms with Crippen LogP contribution in [0.3, 0.4) is 0 Å². The van der Waals surface area contributed by atoms with Gasteiger partial charge in [-0.25, -0.2) is 0 Å². The Bertz CT molecular complexity index is 1010. The van der Waals surface area contributed by atoms with Crippen LogP contribution in [-0.4, -0.2) is 37.2 Å². The molecule has 0 amide bonds. The normalized spacial score (nSPS) is 12.6. The minimum Gasteiger partial charge on any atom is -0.462 e. The second-order valence-corrected chi connectivity index (χ2v) is 14.7. The lowest BCUT2D eigenvalue weighted by molar-refractivity contribution is -0.167. The van der Waals surface area contributed by atoms with Gasteiger partial charge in [-0.2, -0.15) is 0 Å². The molecule has 0 aromatic heterocycles. The highest BCUT2D eigenvalue weighted by Crippen LogP contribution is 2.14. The maximum Gasteiger partial charge on any atom is 0.306 e. The Hall–Kier alpha value is -2.89. The molecule has 0 aromatic carbocycles. The zero-order valence-electron chi connectivity index (χ0n) is 35.2. The molecule has 0 radical (unpaired) electrons. The molecule has 0 aliphatic heterocycles. The van der Waals surface area contributed by atoms with Gasteiger partial charge in [0.15, 0.2) is 6.10 Å². The predicted octanol–water partition coefficient (Wildman–Crippen LogP) is 14.1. The van der Waals surface area contributed by atoms with E-state index in [1.165, 1.54) is 89.9 Å². The summed E-state index contributed by atoms with van der Waals surface area (Å²) in [5.74, 6) is -0.943. The van der Waals surface area contributed by atoms with Crippen molar-refractivity contribution in [1.82, 2.24) is 0 Å². The Kier molecular flexibility index (Phi) is 40.6. The van der Waals surface area contributed by atoms with Gasteiger partial charge in [0.1, 0.15) is 13.2 Å². The molecule has 0 aliphatic rings. The lowest BCUT2D eigenvalue weighted by Crippen LogP contribution is -2.30. The molecule has 0 heterocycles. The topological polar surface area (TPSA) is 78.9 Å². The molecule has 310 valence electrons. The molecule has 0 aromatic rings. The van der Waals surface area contributed by atoms with Crippen LogP contribution < -0.4 is 0 Å². The third kappa shape index (κ3) is 40.3. The average molecular weight is 755 g/mol. The third-order valence-corrected chi connectivity index (χ3v) is 9.35. The molecular formula is C48H82O6. The van der Waals surface area contributed by atoms with Crippen molar-refractivity contribution in [3.8, 4) is 0 Å². The van der Waals surface area contributed by atoms with E-state index in [9.17, 15) is 14.4 Å². The first-order valence-corrected chi connectivity index (χ1v) is 22.3. The number of carbonyl (C=O) groups is 3. The number of hydrogen-bond donors (Lipinski definition) is 0. The van der Waals surface area contributed by atoms with E-state index in [0.717, 1.165) is 77.0 Å². The van der Waals surface area contributed by atoms with Crippen LogP contribution in [0.1, 0.15) is 207 Å². The molecule has 0 aliphatic carbocycles. The van der Waals surface area contributed by atoms with Crippen LogP contribution in [0.4, 0.5) is 0 Å².